The maximum atomic E-state index is 12.1. The minimum absolute atomic E-state index is 0.195. The Morgan fingerprint density at radius 2 is 2.00 bits per heavy atom. The van der Waals surface area contributed by atoms with E-state index in [0.717, 1.165) is 38.4 Å². The summed E-state index contributed by atoms with van der Waals surface area (Å²) in [7, 11) is 0. The number of rotatable bonds is 5. The van der Waals surface area contributed by atoms with Crippen LogP contribution >= 0.6 is 0 Å². The van der Waals surface area contributed by atoms with Crippen LogP contribution in [0.2, 0.25) is 0 Å². The molecule has 1 amide bonds. The highest BCUT2D eigenvalue weighted by molar-refractivity contribution is 5.93. The van der Waals surface area contributed by atoms with Crippen molar-refractivity contribution in [1.82, 2.24) is 10.5 Å². The van der Waals surface area contributed by atoms with Gasteiger partial charge in [-0.2, -0.15) is 0 Å². The van der Waals surface area contributed by atoms with Crippen molar-refractivity contribution >= 4 is 5.91 Å². The van der Waals surface area contributed by atoms with E-state index in [1.807, 2.05) is 31.2 Å². The molecule has 0 saturated carbocycles. The Balaban J connectivity index is 1.52. The Hall–Kier alpha value is -2.18. The first-order chi connectivity index (χ1) is 11.2. The molecule has 122 valence electrons. The summed E-state index contributed by atoms with van der Waals surface area (Å²) in [6, 6.07) is 9.60. The van der Waals surface area contributed by atoms with Gasteiger partial charge in [0.1, 0.15) is 13.1 Å². The smallest absolute Gasteiger partial charge is 0.273 e. The largest absolute Gasteiger partial charge is 0.370 e. The van der Waals surface area contributed by atoms with Gasteiger partial charge in [0, 0.05) is 11.6 Å². The number of morpholine rings is 1. The summed E-state index contributed by atoms with van der Waals surface area (Å²) in [5, 5.41) is 6.76. The maximum Gasteiger partial charge on any atom is 0.273 e. The SMILES string of the molecule is Cc1ccc(-c2cc(C(=O)NCC[NH+]3CCOCC3)no2)cc1. The fraction of sp³-hybridized carbons (Fsp3) is 0.412. The summed E-state index contributed by atoms with van der Waals surface area (Å²) in [6.07, 6.45) is 0. The molecule has 0 unspecified atom stereocenters. The van der Waals surface area contributed by atoms with Crippen LogP contribution in [0.1, 0.15) is 16.1 Å². The zero-order valence-corrected chi connectivity index (χ0v) is 13.3. The molecular weight excluding hydrogens is 294 g/mol. The van der Waals surface area contributed by atoms with Crippen molar-refractivity contribution in [2.24, 2.45) is 0 Å². The average Bonchev–Trinajstić information content (AvgIpc) is 3.06. The third kappa shape index (κ3) is 4.18. The number of quaternary nitrogens is 1. The molecule has 0 radical (unpaired) electrons. The van der Waals surface area contributed by atoms with E-state index >= 15 is 0 Å². The molecule has 2 aromatic rings. The Morgan fingerprint density at radius 1 is 1.26 bits per heavy atom. The van der Waals surface area contributed by atoms with Gasteiger partial charge in [0.05, 0.1) is 26.3 Å². The van der Waals surface area contributed by atoms with Gasteiger partial charge in [-0.05, 0) is 6.92 Å². The zero-order chi connectivity index (χ0) is 16.1. The molecule has 1 saturated heterocycles. The molecule has 1 aromatic carbocycles. The quantitative estimate of drug-likeness (QED) is 0.832. The van der Waals surface area contributed by atoms with Crippen molar-refractivity contribution in [3.8, 4) is 11.3 Å². The van der Waals surface area contributed by atoms with Gasteiger partial charge in [-0.25, -0.2) is 0 Å². The van der Waals surface area contributed by atoms with Crippen LogP contribution in [-0.4, -0.2) is 50.5 Å². The molecule has 0 bridgehead atoms. The Morgan fingerprint density at radius 3 is 2.74 bits per heavy atom. The number of aromatic nitrogens is 1. The number of amides is 1. The summed E-state index contributed by atoms with van der Waals surface area (Å²) >= 11 is 0. The number of carbonyl (C=O) groups excluding carboxylic acids is 1. The van der Waals surface area contributed by atoms with E-state index in [0.29, 0.717) is 18.0 Å². The third-order valence-electron chi connectivity index (χ3n) is 4.04. The van der Waals surface area contributed by atoms with Gasteiger partial charge in [0.2, 0.25) is 0 Å². The molecule has 1 fully saturated rings. The normalized spacial score (nSPS) is 15.5. The highest BCUT2D eigenvalue weighted by Gasteiger charge is 2.16. The zero-order valence-electron chi connectivity index (χ0n) is 13.3. The van der Waals surface area contributed by atoms with Crippen LogP contribution in [0, 0.1) is 6.92 Å². The van der Waals surface area contributed by atoms with Crippen LogP contribution in [0.15, 0.2) is 34.9 Å². The van der Waals surface area contributed by atoms with Gasteiger partial charge < -0.3 is 19.5 Å². The number of aryl methyl sites for hydroxylation is 1. The highest BCUT2D eigenvalue weighted by Crippen LogP contribution is 2.20. The van der Waals surface area contributed by atoms with E-state index in [9.17, 15) is 4.79 Å². The lowest BCUT2D eigenvalue weighted by molar-refractivity contribution is -0.906. The number of hydrogen-bond donors (Lipinski definition) is 2. The van der Waals surface area contributed by atoms with Gasteiger partial charge in [0.15, 0.2) is 11.5 Å². The van der Waals surface area contributed by atoms with E-state index in [2.05, 4.69) is 10.5 Å². The molecule has 0 aliphatic carbocycles. The minimum atomic E-state index is -0.195. The van der Waals surface area contributed by atoms with Gasteiger partial charge in [-0.15, -0.1) is 0 Å². The lowest BCUT2D eigenvalue weighted by Gasteiger charge is -2.23. The molecule has 2 N–H and O–H groups in total. The van der Waals surface area contributed by atoms with Crippen LogP contribution in [0.3, 0.4) is 0 Å². The molecule has 3 rings (SSSR count). The van der Waals surface area contributed by atoms with Gasteiger partial charge in [0.25, 0.3) is 5.91 Å². The molecule has 6 nitrogen and oxygen atoms in total. The van der Waals surface area contributed by atoms with E-state index in [1.165, 1.54) is 10.5 Å². The topological polar surface area (TPSA) is 68.8 Å². The number of nitrogens with zero attached hydrogens (tertiary/aromatic N) is 1. The summed E-state index contributed by atoms with van der Waals surface area (Å²) in [4.78, 5) is 13.6. The van der Waals surface area contributed by atoms with Crippen molar-refractivity contribution in [2.45, 2.75) is 6.92 Å². The first kappa shape index (κ1) is 15.7. The molecule has 23 heavy (non-hydrogen) atoms. The molecule has 6 heteroatoms. The van der Waals surface area contributed by atoms with Crippen LogP contribution in [0.4, 0.5) is 0 Å². The molecule has 1 aliphatic rings. The summed E-state index contributed by atoms with van der Waals surface area (Å²) < 4.78 is 10.6. The first-order valence-electron chi connectivity index (χ1n) is 7.95. The van der Waals surface area contributed by atoms with Gasteiger partial charge in [-0.1, -0.05) is 35.0 Å². The highest BCUT2D eigenvalue weighted by atomic mass is 16.5. The van der Waals surface area contributed by atoms with Crippen molar-refractivity contribution < 1.29 is 19.0 Å². The average molecular weight is 316 g/mol. The second kappa shape index (κ2) is 7.39. The molecule has 1 aliphatic heterocycles. The number of hydrogen-bond acceptors (Lipinski definition) is 4. The van der Waals surface area contributed by atoms with E-state index < -0.39 is 0 Å². The fourth-order valence-corrected chi connectivity index (χ4v) is 2.59. The van der Waals surface area contributed by atoms with Crippen LogP contribution in [0.25, 0.3) is 11.3 Å². The number of ether oxygens (including phenoxy) is 1. The summed E-state index contributed by atoms with van der Waals surface area (Å²) in [6.45, 7) is 7.14. The molecular formula is C17H22N3O3+. The second-order valence-corrected chi connectivity index (χ2v) is 5.81. The fourth-order valence-electron chi connectivity index (χ4n) is 2.59. The van der Waals surface area contributed by atoms with Crippen molar-refractivity contribution in [3.05, 3.63) is 41.6 Å². The van der Waals surface area contributed by atoms with E-state index in [4.69, 9.17) is 9.26 Å². The second-order valence-electron chi connectivity index (χ2n) is 5.81. The predicted molar refractivity (Wildman–Crippen MR) is 85.4 cm³/mol. The monoisotopic (exact) mass is 316 g/mol. The Labute approximate surface area is 135 Å². The van der Waals surface area contributed by atoms with Crippen LogP contribution in [0.5, 0.6) is 0 Å². The van der Waals surface area contributed by atoms with Gasteiger partial charge in [-0.3, -0.25) is 4.79 Å². The Kier molecular flexibility index (Phi) is 5.05. The molecule has 0 spiro atoms. The number of benzene rings is 1. The Bertz CT molecular complexity index is 645. The lowest BCUT2D eigenvalue weighted by Crippen LogP contribution is -3.14. The minimum Gasteiger partial charge on any atom is -0.370 e. The van der Waals surface area contributed by atoms with Crippen molar-refractivity contribution in [3.63, 3.8) is 0 Å². The number of carbonyl (C=O) groups is 1. The van der Waals surface area contributed by atoms with E-state index in [1.54, 1.807) is 6.07 Å². The van der Waals surface area contributed by atoms with Crippen LogP contribution in [-0.2, 0) is 4.74 Å². The van der Waals surface area contributed by atoms with E-state index in [-0.39, 0.29) is 5.91 Å². The first-order valence-corrected chi connectivity index (χ1v) is 7.95. The van der Waals surface area contributed by atoms with Crippen molar-refractivity contribution in [2.75, 3.05) is 39.4 Å². The molecule has 1 aromatic heterocycles. The lowest BCUT2D eigenvalue weighted by atomic mass is 10.1. The van der Waals surface area contributed by atoms with Gasteiger partial charge >= 0.3 is 0 Å². The molecule has 0 atom stereocenters. The van der Waals surface area contributed by atoms with Crippen molar-refractivity contribution in [1.29, 1.82) is 0 Å². The summed E-state index contributed by atoms with van der Waals surface area (Å²) in [5.74, 6) is 0.411. The predicted octanol–water partition coefficient (Wildman–Crippen LogP) is 0.295. The van der Waals surface area contributed by atoms with Crippen LogP contribution < -0.4 is 10.2 Å². The third-order valence-corrected chi connectivity index (χ3v) is 4.04. The summed E-state index contributed by atoms with van der Waals surface area (Å²) in [5.41, 5.74) is 2.41. The standard InChI is InChI=1S/C17H21N3O3/c1-13-2-4-14(5-3-13)16-12-15(19-23-16)17(21)18-6-7-20-8-10-22-11-9-20/h2-5,12H,6-11H2,1H3,(H,18,21)/p+1. The maximum absolute atomic E-state index is 12.1. The molecule has 2 heterocycles. The number of nitrogens with one attached hydrogen (secondary N) is 2.